The van der Waals surface area contributed by atoms with Gasteiger partial charge in [0, 0.05) is 6.54 Å². The molecule has 0 unspecified atom stereocenters. The summed E-state index contributed by atoms with van der Waals surface area (Å²) in [7, 11) is 0. The molecule has 20 heavy (non-hydrogen) atoms. The Morgan fingerprint density at radius 1 is 1.20 bits per heavy atom. The maximum atomic E-state index is 10.6. The van der Waals surface area contributed by atoms with Crippen LogP contribution in [-0.4, -0.2) is 53.3 Å². The minimum absolute atomic E-state index is 0.281. The van der Waals surface area contributed by atoms with Gasteiger partial charge in [0.25, 0.3) is 0 Å². The van der Waals surface area contributed by atoms with Crippen LogP contribution in [0.5, 0.6) is 5.75 Å². The molecule has 0 atom stereocenters. The molecule has 6 nitrogen and oxygen atoms in total. The van der Waals surface area contributed by atoms with Crippen LogP contribution < -0.4 is 4.74 Å². The number of carboxylic acids is 2. The van der Waals surface area contributed by atoms with E-state index in [1.54, 1.807) is 0 Å². The van der Waals surface area contributed by atoms with Gasteiger partial charge < -0.3 is 14.9 Å². The van der Waals surface area contributed by atoms with Crippen LogP contribution in [0.15, 0.2) is 24.3 Å². The maximum absolute atomic E-state index is 10.6. The van der Waals surface area contributed by atoms with Gasteiger partial charge in [-0.05, 0) is 31.0 Å². The number of benzene rings is 1. The van der Waals surface area contributed by atoms with Crippen molar-refractivity contribution in [2.45, 2.75) is 13.3 Å². The van der Waals surface area contributed by atoms with Gasteiger partial charge in [0.15, 0.2) is 0 Å². The molecule has 0 aliphatic rings. The molecule has 0 fully saturated rings. The third-order valence-corrected chi connectivity index (χ3v) is 2.59. The fourth-order valence-corrected chi connectivity index (χ4v) is 1.78. The van der Waals surface area contributed by atoms with Gasteiger partial charge in [-0.3, -0.25) is 14.5 Å². The van der Waals surface area contributed by atoms with Gasteiger partial charge in [0.05, 0.1) is 19.7 Å². The van der Waals surface area contributed by atoms with Crippen molar-refractivity contribution in [1.29, 1.82) is 0 Å². The molecule has 0 radical (unpaired) electrons. The molecule has 2 N–H and O–H groups in total. The van der Waals surface area contributed by atoms with Gasteiger partial charge in [-0.25, -0.2) is 0 Å². The highest BCUT2D eigenvalue weighted by molar-refractivity contribution is 5.72. The monoisotopic (exact) mass is 281 g/mol. The molecule has 0 aromatic heterocycles. The van der Waals surface area contributed by atoms with Crippen molar-refractivity contribution < 1.29 is 24.5 Å². The first-order valence-corrected chi connectivity index (χ1v) is 6.33. The molecule has 0 amide bonds. The molecule has 1 aromatic rings. The van der Waals surface area contributed by atoms with Gasteiger partial charge in [0.2, 0.25) is 0 Å². The molecule has 1 rings (SSSR count). The second-order valence-electron chi connectivity index (χ2n) is 4.52. The van der Waals surface area contributed by atoms with E-state index in [0.29, 0.717) is 19.6 Å². The maximum Gasteiger partial charge on any atom is 0.317 e. The van der Waals surface area contributed by atoms with Gasteiger partial charge >= 0.3 is 11.9 Å². The number of nitrogens with zero attached hydrogens (tertiary/aromatic N) is 1. The zero-order chi connectivity index (χ0) is 15.0. The van der Waals surface area contributed by atoms with Crippen LogP contribution in [0.2, 0.25) is 0 Å². The largest absolute Gasteiger partial charge is 0.494 e. The van der Waals surface area contributed by atoms with Crippen LogP contribution in [0.25, 0.3) is 0 Å². The lowest BCUT2D eigenvalue weighted by molar-refractivity contribution is -0.141. The summed E-state index contributed by atoms with van der Waals surface area (Å²) in [5.74, 6) is -1.32. The molecular weight excluding hydrogens is 262 g/mol. The Balaban J connectivity index is 2.32. The molecule has 0 saturated heterocycles. The summed E-state index contributed by atoms with van der Waals surface area (Å²) in [5, 5.41) is 17.4. The van der Waals surface area contributed by atoms with Crippen LogP contribution in [-0.2, 0) is 9.59 Å². The average molecular weight is 281 g/mol. The number of rotatable bonds is 9. The van der Waals surface area contributed by atoms with Crippen molar-refractivity contribution in [2.75, 3.05) is 26.2 Å². The Morgan fingerprint density at radius 3 is 2.40 bits per heavy atom. The third kappa shape index (κ3) is 6.75. The first kappa shape index (κ1) is 16.0. The van der Waals surface area contributed by atoms with Gasteiger partial charge in [0.1, 0.15) is 5.75 Å². The summed E-state index contributed by atoms with van der Waals surface area (Å²) in [6, 6.07) is 7.62. The Hall–Kier alpha value is -2.08. The van der Waals surface area contributed by atoms with Crippen molar-refractivity contribution in [3.8, 4) is 5.75 Å². The number of carbonyl (C=O) groups is 2. The van der Waals surface area contributed by atoms with E-state index >= 15 is 0 Å². The number of carboxylic acid groups (broad SMARTS) is 2. The Kier molecular flexibility index (Phi) is 6.52. The van der Waals surface area contributed by atoms with Crippen LogP contribution in [0.3, 0.4) is 0 Å². The van der Waals surface area contributed by atoms with Crippen LogP contribution >= 0.6 is 0 Å². The van der Waals surface area contributed by atoms with Crippen LogP contribution in [0, 0.1) is 6.92 Å². The lowest BCUT2D eigenvalue weighted by atomic mass is 10.2. The molecular formula is C14H19NO5. The van der Waals surface area contributed by atoms with E-state index in [9.17, 15) is 9.59 Å². The number of hydrogen-bond donors (Lipinski definition) is 2. The zero-order valence-corrected chi connectivity index (χ0v) is 11.4. The highest BCUT2D eigenvalue weighted by Gasteiger charge is 2.12. The zero-order valence-electron chi connectivity index (χ0n) is 11.4. The van der Waals surface area contributed by atoms with Gasteiger partial charge in [-0.15, -0.1) is 0 Å². The predicted molar refractivity (Wildman–Crippen MR) is 73.0 cm³/mol. The summed E-state index contributed by atoms with van der Waals surface area (Å²) in [5.41, 5.74) is 1.10. The minimum atomic E-state index is -1.04. The van der Waals surface area contributed by atoms with E-state index in [-0.39, 0.29) is 13.1 Å². The van der Waals surface area contributed by atoms with Crippen molar-refractivity contribution >= 4 is 11.9 Å². The Bertz CT molecular complexity index is 445. The van der Waals surface area contributed by atoms with E-state index in [0.717, 1.165) is 11.3 Å². The first-order valence-electron chi connectivity index (χ1n) is 6.33. The molecule has 0 bridgehead atoms. The Morgan fingerprint density at radius 2 is 1.85 bits per heavy atom. The molecule has 1 aromatic carbocycles. The summed E-state index contributed by atoms with van der Waals surface area (Å²) in [6.45, 7) is 2.19. The number of aliphatic carboxylic acids is 2. The van der Waals surface area contributed by atoms with Crippen molar-refractivity contribution in [2.24, 2.45) is 0 Å². The number of hydrogen-bond acceptors (Lipinski definition) is 4. The minimum Gasteiger partial charge on any atom is -0.494 e. The highest BCUT2D eigenvalue weighted by Crippen LogP contribution is 2.12. The normalized spacial score (nSPS) is 10.5. The molecule has 0 saturated carbocycles. The van der Waals surface area contributed by atoms with Crippen LogP contribution in [0.1, 0.15) is 12.0 Å². The molecule has 0 aliphatic heterocycles. The summed E-state index contributed by atoms with van der Waals surface area (Å²) >= 11 is 0. The third-order valence-electron chi connectivity index (χ3n) is 2.59. The van der Waals surface area contributed by atoms with E-state index in [1.807, 2.05) is 31.2 Å². The van der Waals surface area contributed by atoms with E-state index in [1.165, 1.54) is 4.90 Å². The number of aryl methyl sites for hydroxylation is 1. The second-order valence-corrected chi connectivity index (χ2v) is 4.52. The SMILES string of the molecule is Cc1cccc(OCCCN(CC(=O)O)CC(=O)O)c1. The van der Waals surface area contributed by atoms with E-state index in [2.05, 4.69) is 0 Å². The topological polar surface area (TPSA) is 87.1 Å². The van der Waals surface area contributed by atoms with Gasteiger partial charge in [-0.2, -0.15) is 0 Å². The second kappa shape index (κ2) is 8.16. The van der Waals surface area contributed by atoms with Crippen molar-refractivity contribution in [3.63, 3.8) is 0 Å². The molecule has 110 valence electrons. The van der Waals surface area contributed by atoms with E-state index < -0.39 is 11.9 Å². The molecule has 0 spiro atoms. The predicted octanol–water partition coefficient (Wildman–Crippen LogP) is 1.24. The Labute approximate surface area is 117 Å². The average Bonchev–Trinajstić information content (AvgIpc) is 2.33. The van der Waals surface area contributed by atoms with Crippen LogP contribution in [0.4, 0.5) is 0 Å². The molecule has 0 aliphatic carbocycles. The fraction of sp³-hybridized carbons (Fsp3) is 0.429. The van der Waals surface area contributed by atoms with E-state index in [4.69, 9.17) is 14.9 Å². The summed E-state index contributed by atoms with van der Waals surface area (Å²) < 4.78 is 5.53. The summed E-state index contributed by atoms with van der Waals surface area (Å²) in [4.78, 5) is 22.6. The lowest BCUT2D eigenvalue weighted by Gasteiger charge is -2.17. The molecule has 0 heterocycles. The molecule has 6 heteroatoms. The summed E-state index contributed by atoms with van der Waals surface area (Å²) in [6.07, 6.45) is 0.564. The fourth-order valence-electron chi connectivity index (χ4n) is 1.78. The highest BCUT2D eigenvalue weighted by atomic mass is 16.5. The van der Waals surface area contributed by atoms with Gasteiger partial charge in [-0.1, -0.05) is 12.1 Å². The smallest absolute Gasteiger partial charge is 0.317 e. The standard InChI is InChI=1S/C14H19NO5/c1-11-4-2-5-12(8-11)20-7-3-6-15(9-13(16)17)10-14(18)19/h2,4-5,8H,3,6-7,9-10H2,1H3,(H,16,17)(H,18,19). The number of ether oxygens (including phenoxy) is 1. The lowest BCUT2D eigenvalue weighted by Crippen LogP contribution is -2.35. The van der Waals surface area contributed by atoms with Crippen molar-refractivity contribution in [1.82, 2.24) is 4.90 Å². The first-order chi connectivity index (χ1) is 9.47. The van der Waals surface area contributed by atoms with Crippen molar-refractivity contribution in [3.05, 3.63) is 29.8 Å². The quantitative estimate of drug-likeness (QED) is 0.662.